The molecule has 6 heterocycles. The number of nitrogens with zero attached hydrogens (tertiary/aromatic N) is 5. The van der Waals surface area contributed by atoms with Gasteiger partial charge in [0.05, 0.1) is 19.5 Å². The molecule has 53 heavy (non-hydrogen) atoms. The largest absolute Gasteiger partial charge is 0.427 e. The standard InChI is InChI=1S/C29H31F2N7O12P2S/c1-14(39)46-16-5-3-15(4-6-16)11-53-52(43)45-9-17-20(30)24(28(47-17)37-8-7-19(40)36-29(37)41)49-51(2,42)44-10-18-23(50-52)21(31)27(48-18)38-13-35-22-25(32)33-12-34-26(22)38/h3-8,12-13,17-18,20-21,23-24,27-28H,9-11H2,1-2H3,(H2,32,33,34)(H,36,40,41)/t17-,18-,20-,21-,23-,24-,27-,28-,51?,52?/m1/s1. The van der Waals surface area contributed by atoms with Crippen molar-refractivity contribution in [2.45, 2.75) is 61.9 Å². The summed E-state index contributed by atoms with van der Waals surface area (Å²) in [6.45, 7) is -3.72. The molecule has 1 aromatic carbocycles. The maximum Gasteiger partial charge on any atom is 0.389 e. The molecule has 284 valence electrons. The van der Waals surface area contributed by atoms with Gasteiger partial charge in [0.2, 0.25) is 0 Å². The molecular weight excluding hydrogens is 770 g/mol. The van der Waals surface area contributed by atoms with Crippen molar-refractivity contribution in [3.63, 3.8) is 0 Å². The number of anilines is 1. The minimum atomic E-state index is -4.53. The maximum absolute atomic E-state index is 16.6. The first-order valence-electron chi connectivity index (χ1n) is 15.8. The lowest BCUT2D eigenvalue weighted by Gasteiger charge is -2.27. The number of aromatic amines is 1. The molecule has 10 atom stereocenters. The van der Waals surface area contributed by atoms with Crippen LogP contribution in [-0.4, -0.2) is 91.7 Å². The minimum Gasteiger partial charge on any atom is -0.427 e. The molecule has 4 aromatic rings. The first-order valence-corrected chi connectivity index (χ1v) is 20.9. The van der Waals surface area contributed by atoms with E-state index in [9.17, 15) is 23.5 Å². The van der Waals surface area contributed by atoms with E-state index in [1.165, 1.54) is 30.0 Å². The van der Waals surface area contributed by atoms with Crippen LogP contribution in [0.5, 0.6) is 5.75 Å². The van der Waals surface area contributed by atoms with Gasteiger partial charge in [0.1, 0.15) is 42.0 Å². The van der Waals surface area contributed by atoms with Crippen molar-refractivity contribution in [2.24, 2.45) is 0 Å². The molecule has 7 rings (SSSR count). The SMILES string of the molecule is CC(=O)Oc1ccc(CSP2(=O)OC[C@H]3O[C@@H](n4ccc(=O)[nH]c4=O)[C@H](OP(C)(=O)OC[C@H]4O[C@@H](n5cnc6c(N)ncnc65)[C@H](F)[C@@H]4O2)[C@@H]3F)cc1. The monoisotopic (exact) mass is 801 g/mol. The van der Waals surface area contributed by atoms with Gasteiger partial charge < -0.3 is 24.5 Å². The Kier molecular flexibility index (Phi) is 10.4. The molecule has 3 fully saturated rings. The van der Waals surface area contributed by atoms with Gasteiger partial charge in [-0.1, -0.05) is 12.1 Å². The molecule has 3 N–H and O–H groups in total. The van der Waals surface area contributed by atoms with Crippen LogP contribution in [-0.2, 0) is 47.2 Å². The Morgan fingerprint density at radius 1 is 0.981 bits per heavy atom. The Hall–Kier alpha value is -3.85. The van der Waals surface area contributed by atoms with E-state index in [4.69, 9.17) is 38.0 Å². The van der Waals surface area contributed by atoms with E-state index < -0.39 is 94.0 Å². The van der Waals surface area contributed by atoms with Crippen molar-refractivity contribution < 1.29 is 55.0 Å². The predicted molar refractivity (Wildman–Crippen MR) is 181 cm³/mol. The number of aromatic nitrogens is 6. The van der Waals surface area contributed by atoms with Crippen molar-refractivity contribution in [3.8, 4) is 5.75 Å². The van der Waals surface area contributed by atoms with E-state index in [-0.39, 0.29) is 28.5 Å². The third-order valence-electron chi connectivity index (χ3n) is 8.33. The number of hydrogen-bond donors (Lipinski definition) is 2. The van der Waals surface area contributed by atoms with Crippen molar-refractivity contribution in [3.05, 3.63) is 75.6 Å². The highest BCUT2D eigenvalue weighted by molar-refractivity contribution is 8.54. The summed E-state index contributed by atoms with van der Waals surface area (Å²) < 4.78 is 103. The average Bonchev–Trinajstić information content (AvgIpc) is 3.76. The van der Waals surface area contributed by atoms with E-state index >= 15 is 8.78 Å². The van der Waals surface area contributed by atoms with Crippen molar-refractivity contribution in [2.75, 3.05) is 25.6 Å². The van der Waals surface area contributed by atoms with Gasteiger partial charge >= 0.3 is 26.1 Å². The molecule has 19 nitrogen and oxygen atoms in total. The quantitative estimate of drug-likeness (QED) is 0.162. The van der Waals surface area contributed by atoms with E-state index in [0.29, 0.717) is 16.9 Å². The third-order valence-corrected chi connectivity index (χ3v) is 13.2. The Balaban J connectivity index is 1.22. The second kappa shape index (κ2) is 14.8. The van der Waals surface area contributed by atoms with Crippen LogP contribution in [0.15, 0.2) is 58.8 Å². The minimum absolute atomic E-state index is 0.0222. The van der Waals surface area contributed by atoms with Crippen molar-refractivity contribution >= 4 is 48.7 Å². The number of fused-ring (bicyclic) bond motifs is 4. The number of nitrogens with one attached hydrogen (secondary N) is 1. The highest BCUT2D eigenvalue weighted by atomic mass is 32.7. The maximum atomic E-state index is 16.6. The summed E-state index contributed by atoms with van der Waals surface area (Å²) in [5, 5.41) is 0. The lowest BCUT2D eigenvalue weighted by molar-refractivity contribution is -0.131. The molecule has 24 heteroatoms. The number of hydrogen-bond acceptors (Lipinski definition) is 17. The molecule has 2 unspecified atom stereocenters. The Bertz CT molecular complexity index is 2230. The third kappa shape index (κ3) is 7.87. The molecule has 3 aromatic heterocycles. The van der Waals surface area contributed by atoms with Gasteiger partial charge in [0.15, 0.2) is 36.3 Å². The fraction of sp³-hybridized carbons (Fsp3) is 0.448. The van der Waals surface area contributed by atoms with Crippen LogP contribution in [0.4, 0.5) is 14.6 Å². The van der Waals surface area contributed by atoms with E-state index in [1.807, 2.05) is 4.98 Å². The lowest BCUT2D eigenvalue weighted by Crippen LogP contribution is -2.37. The van der Waals surface area contributed by atoms with E-state index in [0.717, 1.165) is 29.8 Å². The molecular formula is C29H31F2N7O12P2S. The number of nitrogens with two attached hydrogens (primary N) is 1. The van der Waals surface area contributed by atoms with Crippen LogP contribution in [0.2, 0.25) is 0 Å². The highest BCUT2D eigenvalue weighted by Crippen LogP contribution is 2.64. The van der Waals surface area contributed by atoms with Crippen molar-refractivity contribution in [1.82, 2.24) is 29.1 Å². The molecule has 0 aliphatic carbocycles. The average molecular weight is 802 g/mol. The first-order chi connectivity index (χ1) is 25.2. The summed E-state index contributed by atoms with van der Waals surface area (Å²) >= 11 is 0.636. The number of carbonyl (C=O) groups is 1. The molecule has 0 radical (unpaired) electrons. The summed E-state index contributed by atoms with van der Waals surface area (Å²) in [6, 6.07) is 7.18. The molecule has 3 aliphatic heterocycles. The van der Waals surface area contributed by atoms with Crippen LogP contribution < -0.4 is 21.7 Å². The lowest BCUT2D eigenvalue weighted by atomic mass is 10.1. The topological polar surface area (TPSA) is 240 Å². The van der Waals surface area contributed by atoms with Crippen LogP contribution in [0, 0.1) is 0 Å². The number of benzene rings is 1. The number of H-pyrrole nitrogens is 1. The summed E-state index contributed by atoms with van der Waals surface area (Å²) in [4.78, 5) is 49.9. The fourth-order valence-corrected chi connectivity index (χ4v) is 10.4. The first kappa shape index (κ1) is 37.5. The number of imidazole rings is 1. The second-order valence-corrected chi connectivity index (χ2v) is 18.1. The fourth-order valence-electron chi connectivity index (χ4n) is 5.87. The molecule has 3 saturated heterocycles. The van der Waals surface area contributed by atoms with Crippen LogP contribution >= 0.6 is 25.8 Å². The number of nitrogen functional groups attached to an aromatic ring is 1. The molecule has 3 aliphatic rings. The zero-order chi connectivity index (χ0) is 37.7. The van der Waals surface area contributed by atoms with Gasteiger partial charge in [-0.05, 0) is 29.1 Å². The Morgan fingerprint density at radius 3 is 2.45 bits per heavy atom. The van der Waals surface area contributed by atoms with Gasteiger partial charge in [-0.3, -0.25) is 41.8 Å². The molecule has 0 amide bonds. The number of halogens is 2. The van der Waals surface area contributed by atoms with Crippen LogP contribution in [0.3, 0.4) is 0 Å². The Morgan fingerprint density at radius 2 is 1.72 bits per heavy atom. The Labute approximate surface area is 301 Å². The van der Waals surface area contributed by atoms with Gasteiger partial charge in [0, 0.05) is 31.6 Å². The number of rotatable bonds is 6. The highest BCUT2D eigenvalue weighted by Gasteiger charge is 2.54. The van der Waals surface area contributed by atoms with Gasteiger partial charge in [-0.2, -0.15) is 0 Å². The summed E-state index contributed by atoms with van der Waals surface area (Å²) in [6.07, 6.45) is -10.4. The molecule has 0 spiro atoms. The van der Waals surface area contributed by atoms with Gasteiger partial charge in [0.25, 0.3) is 5.56 Å². The predicted octanol–water partition coefficient (Wildman–Crippen LogP) is 3.04. The number of esters is 1. The number of carbonyl (C=O) groups excluding carboxylic acids is 1. The number of alkyl halides is 2. The molecule has 0 saturated carbocycles. The van der Waals surface area contributed by atoms with Gasteiger partial charge in [-0.25, -0.2) is 33.1 Å². The summed E-state index contributed by atoms with van der Waals surface area (Å²) in [5.41, 5.74) is 5.02. The normalized spacial score (nSPS) is 33.4. The zero-order valence-electron chi connectivity index (χ0n) is 27.6. The van der Waals surface area contributed by atoms with E-state index in [1.54, 1.807) is 12.1 Å². The van der Waals surface area contributed by atoms with Crippen LogP contribution in [0.1, 0.15) is 24.9 Å². The second-order valence-electron chi connectivity index (χ2n) is 12.1. The summed E-state index contributed by atoms with van der Waals surface area (Å²) in [7, 11) is -4.28. The molecule has 2 bridgehead atoms. The van der Waals surface area contributed by atoms with Crippen LogP contribution in [0.25, 0.3) is 11.2 Å². The van der Waals surface area contributed by atoms with Gasteiger partial charge in [-0.15, -0.1) is 0 Å². The smallest absolute Gasteiger partial charge is 0.389 e. The summed E-state index contributed by atoms with van der Waals surface area (Å²) in [5.74, 6) is -0.296. The number of ether oxygens (including phenoxy) is 3. The zero-order valence-corrected chi connectivity index (χ0v) is 30.2. The van der Waals surface area contributed by atoms with E-state index in [2.05, 4.69) is 15.0 Å². The van der Waals surface area contributed by atoms with Crippen molar-refractivity contribution in [1.29, 1.82) is 0 Å².